The summed E-state index contributed by atoms with van der Waals surface area (Å²) in [6.07, 6.45) is 2.27. The standard InChI is InChI=1S/C19H18N2O4S/c1-12(18(23)21-19-15(10-20)7-8-26-19)25-17(22)11-24-16-6-5-13-3-2-4-14(13)9-16/h5-9,12H,2-4,11H2,1H3,(H,21,23)/t12-/m1/s1. The summed E-state index contributed by atoms with van der Waals surface area (Å²) in [7, 11) is 0. The van der Waals surface area contributed by atoms with E-state index in [1.165, 1.54) is 29.4 Å². The molecule has 0 bridgehead atoms. The van der Waals surface area contributed by atoms with E-state index in [2.05, 4.69) is 5.32 Å². The number of ether oxygens (including phenoxy) is 2. The third-order valence-corrected chi connectivity index (χ3v) is 4.96. The van der Waals surface area contributed by atoms with Crippen LogP contribution >= 0.6 is 11.3 Å². The molecule has 1 atom stereocenters. The molecule has 0 spiro atoms. The first-order chi connectivity index (χ1) is 12.6. The smallest absolute Gasteiger partial charge is 0.344 e. The van der Waals surface area contributed by atoms with Gasteiger partial charge in [0.25, 0.3) is 5.91 Å². The van der Waals surface area contributed by atoms with Gasteiger partial charge in [0, 0.05) is 0 Å². The molecule has 0 fully saturated rings. The SMILES string of the molecule is C[C@@H](OC(=O)COc1ccc2c(c1)CCC2)C(=O)Nc1sccc1C#N. The second-order valence-electron chi connectivity index (χ2n) is 5.97. The zero-order chi connectivity index (χ0) is 18.5. The van der Waals surface area contributed by atoms with Crippen molar-refractivity contribution in [2.75, 3.05) is 11.9 Å². The Balaban J connectivity index is 1.48. The number of rotatable bonds is 6. The number of esters is 1. The van der Waals surface area contributed by atoms with Gasteiger partial charge in [-0.15, -0.1) is 11.3 Å². The van der Waals surface area contributed by atoms with E-state index in [0.717, 1.165) is 19.3 Å². The quantitative estimate of drug-likeness (QED) is 0.790. The molecule has 2 aromatic rings. The second kappa shape index (κ2) is 8.02. The Labute approximate surface area is 155 Å². The number of nitrogens with zero attached hydrogens (tertiary/aromatic N) is 1. The minimum atomic E-state index is -0.986. The molecule has 7 heteroatoms. The van der Waals surface area contributed by atoms with Crippen molar-refractivity contribution in [3.8, 4) is 11.8 Å². The van der Waals surface area contributed by atoms with Crippen molar-refractivity contribution in [3.05, 3.63) is 46.3 Å². The maximum Gasteiger partial charge on any atom is 0.344 e. The third kappa shape index (κ3) is 4.21. The van der Waals surface area contributed by atoms with Crippen molar-refractivity contribution in [2.45, 2.75) is 32.3 Å². The summed E-state index contributed by atoms with van der Waals surface area (Å²) in [6.45, 7) is 1.21. The highest BCUT2D eigenvalue weighted by Gasteiger charge is 2.20. The summed E-state index contributed by atoms with van der Waals surface area (Å²) < 4.78 is 10.6. The van der Waals surface area contributed by atoms with Crippen LogP contribution in [0.3, 0.4) is 0 Å². The van der Waals surface area contributed by atoms with E-state index >= 15 is 0 Å². The van der Waals surface area contributed by atoms with Gasteiger partial charge in [-0.2, -0.15) is 5.26 Å². The van der Waals surface area contributed by atoms with E-state index in [0.29, 0.717) is 16.3 Å². The molecular formula is C19H18N2O4S. The number of hydrogen-bond acceptors (Lipinski definition) is 6. The molecule has 26 heavy (non-hydrogen) atoms. The molecule has 1 N–H and O–H groups in total. The predicted molar refractivity (Wildman–Crippen MR) is 97.2 cm³/mol. The van der Waals surface area contributed by atoms with Gasteiger partial charge >= 0.3 is 5.97 Å². The Kier molecular flexibility index (Phi) is 5.54. The van der Waals surface area contributed by atoms with Crippen molar-refractivity contribution in [1.29, 1.82) is 5.26 Å². The van der Waals surface area contributed by atoms with E-state index in [9.17, 15) is 9.59 Å². The van der Waals surface area contributed by atoms with Crippen LogP contribution in [-0.4, -0.2) is 24.6 Å². The van der Waals surface area contributed by atoms with Gasteiger partial charge in [-0.3, -0.25) is 4.79 Å². The first-order valence-corrected chi connectivity index (χ1v) is 9.17. The number of fused-ring (bicyclic) bond motifs is 1. The molecule has 0 unspecified atom stereocenters. The molecule has 1 aliphatic carbocycles. The zero-order valence-corrected chi connectivity index (χ0v) is 15.1. The number of thiophene rings is 1. The number of anilines is 1. The molecule has 0 saturated carbocycles. The maximum atomic E-state index is 12.1. The number of hydrogen-bond donors (Lipinski definition) is 1. The van der Waals surface area contributed by atoms with Gasteiger partial charge in [0.2, 0.25) is 0 Å². The van der Waals surface area contributed by atoms with Gasteiger partial charge in [-0.05, 0) is 60.9 Å². The fourth-order valence-corrected chi connectivity index (χ4v) is 3.51. The van der Waals surface area contributed by atoms with Gasteiger partial charge in [0.05, 0.1) is 5.56 Å². The lowest BCUT2D eigenvalue weighted by molar-refractivity contribution is -0.155. The molecule has 0 radical (unpaired) electrons. The summed E-state index contributed by atoms with van der Waals surface area (Å²) in [4.78, 5) is 24.0. The number of amides is 1. The summed E-state index contributed by atoms with van der Waals surface area (Å²) in [6, 6.07) is 9.41. The molecule has 6 nitrogen and oxygen atoms in total. The fraction of sp³-hybridized carbons (Fsp3) is 0.316. The van der Waals surface area contributed by atoms with Gasteiger partial charge in [0.1, 0.15) is 16.8 Å². The van der Waals surface area contributed by atoms with E-state index in [1.807, 2.05) is 24.3 Å². The molecular weight excluding hydrogens is 352 g/mol. The van der Waals surface area contributed by atoms with Crippen molar-refractivity contribution < 1.29 is 19.1 Å². The summed E-state index contributed by atoms with van der Waals surface area (Å²) >= 11 is 1.24. The molecule has 1 aromatic heterocycles. The lowest BCUT2D eigenvalue weighted by Gasteiger charge is -2.13. The Morgan fingerprint density at radius 1 is 1.31 bits per heavy atom. The van der Waals surface area contributed by atoms with Crippen LogP contribution in [0.2, 0.25) is 0 Å². The molecule has 1 aromatic carbocycles. The predicted octanol–water partition coefficient (Wildman–Crippen LogP) is 3.06. The normalized spacial score (nSPS) is 13.4. The van der Waals surface area contributed by atoms with Crippen LogP contribution in [-0.2, 0) is 27.2 Å². The van der Waals surface area contributed by atoms with Crippen LogP contribution in [0.5, 0.6) is 5.75 Å². The highest BCUT2D eigenvalue weighted by atomic mass is 32.1. The summed E-state index contributed by atoms with van der Waals surface area (Å²) in [5.41, 5.74) is 2.96. The van der Waals surface area contributed by atoms with E-state index in [4.69, 9.17) is 14.7 Å². The molecule has 134 valence electrons. The number of carbonyl (C=O) groups is 2. The first-order valence-electron chi connectivity index (χ1n) is 8.29. The van der Waals surface area contributed by atoms with Gasteiger partial charge < -0.3 is 14.8 Å². The van der Waals surface area contributed by atoms with Crippen molar-refractivity contribution in [2.24, 2.45) is 0 Å². The van der Waals surface area contributed by atoms with E-state index in [1.54, 1.807) is 11.4 Å². The lowest BCUT2D eigenvalue weighted by Crippen LogP contribution is -2.31. The fourth-order valence-electron chi connectivity index (χ4n) is 2.77. The van der Waals surface area contributed by atoms with Crippen LogP contribution < -0.4 is 10.1 Å². The largest absolute Gasteiger partial charge is 0.482 e. The van der Waals surface area contributed by atoms with Crippen molar-refractivity contribution >= 4 is 28.2 Å². The Bertz CT molecular complexity index is 869. The maximum absolute atomic E-state index is 12.1. The molecule has 1 amide bonds. The number of benzene rings is 1. The highest BCUT2D eigenvalue weighted by Crippen LogP contribution is 2.26. The molecule has 0 aliphatic heterocycles. The average Bonchev–Trinajstić information content (AvgIpc) is 3.27. The third-order valence-electron chi connectivity index (χ3n) is 4.13. The van der Waals surface area contributed by atoms with Crippen molar-refractivity contribution in [3.63, 3.8) is 0 Å². The van der Waals surface area contributed by atoms with E-state index < -0.39 is 18.0 Å². The minimum absolute atomic E-state index is 0.265. The Hall–Kier alpha value is -2.85. The number of nitrogens with one attached hydrogen (secondary N) is 1. The van der Waals surface area contributed by atoms with Crippen LogP contribution in [0.25, 0.3) is 0 Å². The topological polar surface area (TPSA) is 88.4 Å². The highest BCUT2D eigenvalue weighted by molar-refractivity contribution is 7.14. The van der Waals surface area contributed by atoms with Crippen LogP contribution in [0, 0.1) is 11.3 Å². The number of carbonyl (C=O) groups excluding carboxylic acids is 2. The molecule has 0 saturated heterocycles. The van der Waals surface area contributed by atoms with Crippen LogP contribution in [0.1, 0.15) is 30.0 Å². The first kappa shape index (κ1) is 18.0. The minimum Gasteiger partial charge on any atom is -0.482 e. The lowest BCUT2D eigenvalue weighted by atomic mass is 10.1. The average molecular weight is 370 g/mol. The van der Waals surface area contributed by atoms with Crippen molar-refractivity contribution in [1.82, 2.24) is 0 Å². The Morgan fingerprint density at radius 2 is 2.12 bits per heavy atom. The van der Waals surface area contributed by atoms with Gasteiger partial charge in [0.15, 0.2) is 12.7 Å². The van der Waals surface area contributed by atoms with Gasteiger partial charge in [-0.1, -0.05) is 6.07 Å². The zero-order valence-electron chi connectivity index (χ0n) is 14.3. The van der Waals surface area contributed by atoms with Crippen LogP contribution in [0.4, 0.5) is 5.00 Å². The van der Waals surface area contributed by atoms with Gasteiger partial charge in [-0.25, -0.2) is 4.79 Å². The van der Waals surface area contributed by atoms with E-state index in [-0.39, 0.29) is 6.61 Å². The molecule has 1 heterocycles. The monoisotopic (exact) mass is 370 g/mol. The Morgan fingerprint density at radius 3 is 2.92 bits per heavy atom. The number of aryl methyl sites for hydroxylation is 2. The molecule has 3 rings (SSSR count). The second-order valence-corrected chi connectivity index (χ2v) is 6.89. The molecule has 1 aliphatic rings. The summed E-state index contributed by atoms with van der Waals surface area (Å²) in [5.74, 6) is -0.494. The summed E-state index contributed by atoms with van der Waals surface area (Å²) in [5, 5.41) is 13.7. The number of nitriles is 1. The van der Waals surface area contributed by atoms with Crippen LogP contribution in [0.15, 0.2) is 29.6 Å².